The van der Waals surface area contributed by atoms with Crippen LogP contribution in [0.5, 0.6) is 0 Å². The molecule has 1 heterocycles. The van der Waals surface area contributed by atoms with Gasteiger partial charge in [-0.3, -0.25) is 9.59 Å². The summed E-state index contributed by atoms with van der Waals surface area (Å²) in [6, 6.07) is 8.10. The highest BCUT2D eigenvalue weighted by atomic mass is 35.5. The molecule has 19 heavy (non-hydrogen) atoms. The van der Waals surface area contributed by atoms with Crippen molar-refractivity contribution in [3.63, 3.8) is 0 Å². The highest BCUT2D eigenvalue weighted by molar-refractivity contribution is 6.30. The average Bonchev–Trinajstić information content (AvgIpc) is 2.37. The van der Waals surface area contributed by atoms with Gasteiger partial charge < -0.3 is 9.73 Å². The summed E-state index contributed by atoms with van der Waals surface area (Å²) in [4.78, 5) is 23.8. The van der Waals surface area contributed by atoms with E-state index in [1.165, 1.54) is 13.1 Å². The predicted molar refractivity (Wildman–Crippen MR) is 73.6 cm³/mol. The van der Waals surface area contributed by atoms with Gasteiger partial charge in [-0.2, -0.15) is 0 Å². The third-order valence-corrected chi connectivity index (χ3v) is 2.85. The van der Waals surface area contributed by atoms with Gasteiger partial charge in [-0.15, -0.1) is 0 Å². The molecule has 98 valence electrons. The molecule has 0 aliphatic heterocycles. The quantitative estimate of drug-likeness (QED) is 0.918. The molecular weight excluding hydrogens is 266 g/mol. The van der Waals surface area contributed by atoms with Crippen LogP contribution in [-0.2, 0) is 0 Å². The second-order valence-electron chi connectivity index (χ2n) is 4.01. The maximum absolute atomic E-state index is 12.0. The van der Waals surface area contributed by atoms with Crippen molar-refractivity contribution in [3.8, 4) is 11.3 Å². The van der Waals surface area contributed by atoms with Gasteiger partial charge in [0.1, 0.15) is 11.3 Å². The van der Waals surface area contributed by atoms with Gasteiger partial charge in [0.2, 0.25) is 0 Å². The zero-order valence-electron chi connectivity index (χ0n) is 10.5. The van der Waals surface area contributed by atoms with Crippen molar-refractivity contribution in [2.75, 3.05) is 7.05 Å². The number of carbonyl (C=O) groups excluding carboxylic acids is 1. The molecule has 0 spiro atoms. The average molecular weight is 278 g/mol. The van der Waals surface area contributed by atoms with Crippen LogP contribution in [0.2, 0.25) is 5.02 Å². The highest BCUT2D eigenvalue weighted by Crippen LogP contribution is 2.25. The number of hydrogen-bond acceptors (Lipinski definition) is 3. The first kappa shape index (κ1) is 13.4. The van der Waals surface area contributed by atoms with E-state index in [1.54, 1.807) is 31.2 Å². The maximum Gasteiger partial charge on any atom is 0.258 e. The van der Waals surface area contributed by atoms with E-state index in [0.29, 0.717) is 16.3 Å². The third-order valence-electron chi connectivity index (χ3n) is 2.61. The van der Waals surface area contributed by atoms with E-state index in [-0.39, 0.29) is 16.8 Å². The monoisotopic (exact) mass is 277 g/mol. The first-order valence-corrected chi connectivity index (χ1v) is 6.03. The van der Waals surface area contributed by atoms with Crippen molar-refractivity contribution in [1.29, 1.82) is 0 Å². The van der Waals surface area contributed by atoms with Crippen molar-refractivity contribution < 1.29 is 9.21 Å². The molecule has 0 bridgehead atoms. The normalized spacial score (nSPS) is 10.3. The van der Waals surface area contributed by atoms with Gasteiger partial charge in [0, 0.05) is 23.7 Å². The van der Waals surface area contributed by atoms with Crippen LogP contribution in [0.1, 0.15) is 16.1 Å². The van der Waals surface area contributed by atoms with Gasteiger partial charge in [0.05, 0.1) is 0 Å². The Hall–Kier alpha value is -2.07. The molecule has 0 atom stereocenters. The number of benzene rings is 1. The van der Waals surface area contributed by atoms with Gasteiger partial charge in [-0.25, -0.2) is 0 Å². The minimum absolute atomic E-state index is 0.0182. The fourth-order valence-electron chi connectivity index (χ4n) is 1.78. The number of nitrogens with one attached hydrogen (secondary N) is 1. The first-order chi connectivity index (χ1) is 9.02. The van der Waals surface area contributed by atoms with Crippen LogP contribution in [0.3, 0.4) is 0 Å². The second-order valence-corrected chi connectivity index (χ2v) is 4.45. The Morgan fingerprint density at radius 3 is 2.68 bits per heavy atom. The molecule has 1 N–H and O–H groups in total. The van der Waals surface area contributed by atoms with Crippen molar-refractivity contribution in [1.82, 2.24) is 5.32 Å². The summed E-state index contributed by atoms with van der Waals surface area (Å²) in [6.45, 7) is 1.66. The van der Waals surface area contributed by atoms with Crippen LogP contribution >= 0.6 is 11.6 Å². The molecular formula is C14H12ClNO3. The lowest BCUT2D eigenvalue weighted by atomic mass is 10.1. The van der Waals surface area contributed by atoms with Crippen molar-refractivity contribution >= 4 is 17.5 Å². The highest BCUT2D eigenvalue weighted by Gasteiger charge is 2.19. The number of aryl methyl sites for hydroxylation is 1. The fourth-order valence-corrected chi connectivity index (χ4v) is 1.97. The van der Waals surface area contributed by atoms with Crippen LogP contribution in [0, 0.1) is 6.92 Å². The zero-order chi connectivity index (χ0) is 14.0. The molecule has 0 saturated carbocycles. The smallest absolute Gasteiger partial charge is 0.258 e. The largest absolute Gasteiger partial charge is 0.460 e. The van der Waals surface area contributed by atoms with Gasteiger partial charge in [0.25, 0.3) is 5.91 Å². The van der Waals surface area contributed by atoms with Gasteiger partial charge in [0.15, 0.2) is 11.2 Å². The summed E-state index contributed by atoms with van der Waals surface area (Å²) in [5.74, 6) is 0.184. The summed E-state index contributed by atoms with van der Waals surface area (Å²) in [5, 5.41) is 2.94. The Balaban J connectivity index is 2.75. The van der Waals surface area contributed by atoms with Crippen molar-refractivity contribution in [2.45, 2.75) is 6.92 Å². The van der Waals surface area contributed by atoms with Crippen LogP contribution in [-0.4, -0.2) is 13.0 Å². The molecule has 0 unspecified atom stereocenters. The molecule has 2 aromatic rings. The van der Waals surface area contributed by atoms with Gasteiger partial charge in [-0.1, -0.05) is 23.7 Å². The Labute approximate surface area is 115 Å². The van der Waals surface area contributed by atoms with E-state index in [2.05, 4.69) is 5.32 Å². The minimum Gasteiger partial charge on any atom is -0.460 e. The topological polar surface area (TPSA) is 59.3 Å². The Morgan fingerprint density at radius 1 is 1.32 bits per heavy atom. The lowest BCUT2D eigenvalue weighted by Crippen LogP contribution is -2.26. The van der Waals surface area contributed by atoms with E-state index in [0.717, 1.165) is 0 Å². The molecule has 0 saturated heterocycles. The van der Waals surface area contributed by atoms with E-state index >= 15 is 0 Å². The second kappa shape index (κ2) is 5.28. The molecule has 1 aromatic carbocycles. The Bertz CT molecular complexity index is 691. The van der Waals surface area contributed by atoms with E-state index in [1.807, 2.05) is 0 Å². The summed E-state index contributed by atoms with van der Waals surface area (Å²) in [5.41, 5.74) is 0.195. The molecule has 0 radical (unpaired) electrons. The number of carbonyl (C=O) groups is 1. The van der Waals surface area contributed by atoms with E-state index in [4.69, 9.17) is 16.0 Å². The van der Waals surface area contributed by atoms with Gasteiger partial charge in [-0.05, 0) is 19.1 Å². The predicted octanol–water partition coefficient (Wildman–Crippen LogP) is 2.63. The molecule has 4 nitrogen and oxygen atoms in total. The molecule has 1 aromatic heterocycles. The molecule has 0 aliphatic rings. The molecule has 5 heteroatoms. The van der Waals surface area contributed by atoms with Crippen LogP contribution in [0.4, 0.5) is 0 Å². The van der Waals surface area contributed by atoms with E-state index in [9.17, 15) is 9.59 Å². The van der Waals surface area contributed by atoms with Gasteiger partial charge >= 0.3 is 0 Å². The maximum atomic E-state index is 12.0. The molecule has 0 aliphatic carbocycles. The molecule has 1 amide bonds. The number of rotatable bonds is 2. The Kier molecular flexibility index (Phi) is 3.71. The lowest BCUT2D eigenvalue weighted by Gasteiger charge is -2.08. The fraction of sp³-hybridized carbons (Fsp3) is 0.143. The summed E-state index contributed by atoms with van der Waals surface area (Å²) in [6.07, 6.45) is 0. The summed E-state index contributed by atoms with van der Waals surface area (Å²) in [7, 11) is 1.46. The number of amides is 1. The minimum atomic E-state index is -0.483. The van der Waals surface area contributed by atoms with Crippen molar-refractivity contribution in [3.05, 3.63) is 56.9 Å². The first-order valence-electron chi connectivity index (χ1n) is 5.65. The number of hydrogen-bond donors (Lipinski definition) is 1. The third kappa shape index (κ3) is 2.69. The van der Waals surface area contributed by atoms with Crippen LogP contribution in [0.15, 0.2) is 39.5 Å². The molecule has 2 rings (SSSR count). The van der Waals surface area contributed by atoms with Crippen LogP contribution in [0.25, 0.3) is 11.3 Å². The van der Waals surface area contributed by atoms with Crippen LogP contribution < -0.4 is 10.7 Å². The standard InChI is InChI=1S/C14H12ClNO3/c1-8-6-11(17)12(14(18)16-2)13(19-8)9-4-3-5-10(15)7-9/h3-7H,1-2H3,(H,16,18). The number of halogens is 1. The lowest BCUT2D eigenvalue weighted by molar-refractivity contribution is 0.0961. The summed E-state index contributed by atoms with van der Waals surface area (Å²) < 4.78 is 5.53. The SMILES string of the molecule is CNC(=O)c1c(-c2cccc(Cl)c2)oc(C)cc1=O. The molecule has 0 fully saturated rings. The summed E-state index contributed by atoms with van der Waals surface area (Å²) >= 11 is 5.92. The van der Waals surface area contributed by atoms with E-state index < -0.39 is 5.91 Å². The zero-order valence-corrected chi connectivity index (χ0v) is 11.2. The van der Waals surface area contributed by atoms with Crippen molar-refractivity contribution in [2.24, 2.45) is 0 Å². The Morgan fingerprint density at radius 2 is 2.05 bits per heavy atom.